The summed E-state index contributed by atoms with van der Waals surface area (Å²) < 4.78 is 17.4. The van der Waals surface area contributed by atoms with Crippen LogP contribution in [0.15, 0.2) is 11.6 Å². The zero-order valence-corrected chi connectivity index (χ0v) is 21.3. The fourth-order valence-corrected chi connectivity index (χ4v) is 9.34. The van der Waals surface area contributed by atoms with Crippen LogP contribution >= 0.6 is 0 Å². The Kier molecular flexibility index (Phi) is 6.04. The molecule has 8 heteroatoms. The zero-order chi connectivity index (χ0) is 25.5. The molecule has 0 amide bonds. The van der Waals surface area contributed by atoms with Gasteiger partial charge in [-0.15, -0.1) is 0 Å². The number of aliphatic hydroxyl groups excluding tert-OH is 2. The van der Waals surface area contributed by atoms with Gasteiger partial charge in [0.1, 0.15) is 30.0 Å². The Balaban J connectivity index is 1.57. The van der Waals surface area contributed by atoms with Crippen LogP contribution < -0.4 is 0 Å². The quantitative estimate of drug-likeness (QED) is 0.366. The number of hydrogen-bond donors (Lipinski definition) is 3. The number of aliphatic hydroxyl groups is 2. The standard InChI is InChI=1S/C27H40O8/c1-13(2)19-8-16-9-25(11-28)18-7-6-14(3)17(18)10-26(16,27(19,25)24(31)32)12-34-23-21(30)20(29)22(33-5)15(4)35-23/h8,11,13-18,20-23,29-30H,6-7,9-10,12H2,1-5H3,(H,31,32)/t14-,15?,16?,17-,18-,20?,21?,22-,23-,25?,26?,27?/m1/s1. The van der Waals surface area contributed by atoms with Crippen LogP contribution in [-0.2, 0) is 23.8 Å². The van der Waals surface area contributed by atoms with Gasteiger partial charge in [0.15, 0.2) is 6.29 Å². The molecule has 0 aromatic carbocycles. The number of carbonyl (C=O) groups is 2. The van der Waals surface area contributed by atoms with Gasteiger partial charge in [0.05, 0.1) is 18.1 Å². The van der Waals surface area contributed by atoms with Crippen LogP contribution in [0.25, 0.3) is 0 Å². The van der Waals surface area contributed by atoms with E-state index in [9.17, 15) is 24.9 Å². The molecule has 8 nitrogen and oxygen atoms in total. The summed E-state index contributed by atoms with van der Waals surface area (Å²) in [5, 5.41) is 32.3. The van der Waals surface area contributed by atoms with E-state index >= 15 is 0 Å². The summed E-state index contributed by atoms with van der Waals surface area (Å²) in [7, 11) is 1.45. The molecule has 4 bridgehead atoms. The second kappa shape index (κ2) is 8.35. The van der Waals surface area contributed by atoms with Crippen molar-refractivity contribution >= 4 is 12.3 Å². The largest absolute Gasteiger partial charge is 0.481 e. The van der Waals surface area contributed by atoms with Crippen molar-refractivity contribution < 1.29 is 39.1 Å². The van der Waals surface area contributed by atoms with Crippen LogP contribution in [0.4, 0.5) is 0 Å². The van der Waals surface area contributed by atoms with Crippen molar-refractivity contribution in [1.29, 1.82) is 0 Å². The number of allylic oxidation sites excluding steroid dienone is 1. The normalized spacial score (nSPS) is 52.5. The number of carboxylic acids is 1. The van der Waals surface area contributed by atoms with Crippen LogP contribution in [0.3, 0.4) is 0 Å². The third-order valence-corrected chi connectivity index (χ3v) is 10.7. The Morgan fingerprint density at radius 1 is 1.23 bits per heavy atom. The van der Waals surface area contributed by atoms with Crippen LogP contribution in [0.1, 0.15) is 53.4 Å². The van der Waals surface area contributed by atoms with E-state index in [1.54, 1.807) is 6.92 Å². The molecule has 5 aliphatic rings. The molecule has 7 unspecified atom stereocenters. The fourth-order valence-electron chi connectivity index (χ4n) is 9.34. The molecule has 0 radical (unpaired) electrons. The third-order valence-electron chi connectivity index (χ3n) is 10.7. The molecule has 1 aliphatic heterocycles. The Morgan fingerprint density at radius 3 is 2.54 bits per heavy atom. The van der Waals surface area contributed by atoms with Gasteiger partial charge < -0.3 is 34.3 Å². The van der Waals surface area contributed by atoms with Gasteiger partial charge in [0.2, 0.25) is 0 Å². The number of aldehydes is 1. The van der Waals surface area contributed by atoms with E-state index in [-0.39, 0.29) is 30.3 Å². The molecule has 12 atom stereocenters. The molecule has 3 N–H and O–H groups in total. The predicted molar refractivity (Wildman–Crippen MR) is 125 cm³/mol. The summed E-state index contributed by atoms with van der Waals surface area (Å²) in [6, 6.07) is 0. The van der Waals surface area contributed by atoms with Gasteiger partial charge in [0, 0.05) is 12.5 Å². The second-order valence-electron chi connectivity index (χ2n) is 12.2. The van der Waals surface area contributed by atoms with E-state index in [2.05, 4.69) is 13.0 Å². The lowest BCUT2D eigenvalue weighted by Crippen LogP contribution is -2.64. The average Bonchev–Trinajstić information content (AvgIpc) is 3.38. The summed E-state index contributed by atoms with van der Waals surface area (Å²) in [4.78, 5) is 26.5. The first-order valence-electron chi connectivity index (χ1n) is 13.1. The maximum atomic E-state index is 13.5. The van der Waals surface area contributed by atoms with Gasteiger partial charge in [-0.2, -0.15) is 0 Å². The van der Waals surface area contributed by atoms with Gasteiger partial charge >= 0.3 is 5.97 Å². The van der Waals surface area contributed by atoms with Crippen molar-refractivity contribution in [3.8, 4) is 0 Å². The van der Waals surface area contributed by atoms with Crippen molar-refractivity contribution in [2.75, 3.05) is 13.7 Å². The summed E-state index contributed by atoms with van der Waals surface area (Å²) in [5.41, 5.74) is -2.28. The summed E-state index contributed by atoms with van der Waals surface area (Å²) in [6.07, 6.45) is 1.32. The van der Waals surface area contributed by atoms with Crippen LogP contribution in [0, 0.1) is 45.8 Å². The number of carbonyl (C=O) groups excluding carboxylic acids is 1. The van der Waals surface area contributed by atoms with Gasteiger partial charge in [-0.25, -0.2) is 0 Å². The first kappa shape index (κ1) is 25.3. The van der Waals surface area contributed by atoms with E-state index in [1.807, 2.05) is 13.8 Å². The Bertz CT molecular complexity index is 917. The van der Waals surface area contributed by atoms with Crippen molar-refractivity contribution in [3.05, 3.63) is 11.6 Å². The number of aliphatic carboxylic acids is 1. The first-order valence-corrected chi connectivity index (χ1v) is 13.1. The highest BCUT2D eigenvalue weighted by Gasteiger charge is 2.84. The molecule has 196 valence electrons. The van der Waals surface area contributed by atoms with Gasteiger partial charge in [-0.1, -0.05) is 38.8 Å². The zero-order valence-electron chi connectivity index (χ0n) is 21.3. The minimum atomic E-state index is -1.34. The molecular formula is C27H40O8. The average molecular weight is 493 g/mol. The molecule has 1 saturated heterocycles. The van der Waals surface area contributed by atoms with Crippen molar-refractivity contribution in [2.24, 2.45) is 45.8 Å². The van der Waals surface area contributed by atoms with E-state index in [0.29, 0.717) is 18.8 Å². The highest BCUT2D eigenvalue weighted by Crippen LogP contribution is 2.82. The van der Waals surface area contributed by atoms with Gasteiger partial charge in [-0.05, 0) is 55.8 Å². The Labute approximate surface area is 207 Å². The minimum absolute atomic E-state index is 0.0219. The van der Waals surface area contributed by atoms with Gasteiger partial charge in [-0.3, -0.25) is 4.79 Å². The number of carboxylic acid groups (broad SMARTS) is 1. The molecule has 0 aromatic heterocycles. The van der Waals surface area contributed by atoms with E-state index in [0.717, 1.165) is 24.7 Å². The maximum absolute atomic E-state index is 13.5. The molecule has 35 heavy (non-hydrogen) atoms. The lowest BCUT2D eigenvalue weighted by Gasteiger charge is -2.58. The van der Waals surface area contributed by atoms with E-state index in [1.165, 1.54) is 7.11 Å². The minimum Gasteiger partial charge on any atom is -0.481 e. The highest BCUT2D eigenvalue weighted by molar-refractivity contribution is 5.90. The third kappa shape index (κ3) is 2.92. The molecule has 3 saturated carbocycles. The number of ether oxygens (including phenoxy) is 3. The summed E-state index contributed by atoms with van der Waals surface area (Å²) in [5.74, 6) is -0.358. The lowest BCUT2D eigenvalue weighted by molar-refractivity contribution is -0.306. The summed E-state index contributed by atoms with van der Waals surface area (Å²) >= 11 is 0. The number of hydrogen-bond acceptors (Lipinski definition) is 7. The molecule has 4 fully saturated rings. The first-order chi connectivity index (χ1) is 16.5. The molecule has 4 aliphatic carbocycles. The van der Waals surface area contributed by atoms with Crippen LogP contribution in [0.5, 0.6) is 0 Å². The maximum Gasteiger partial charge on any atom is 0.315 e. The Morgan fingerprint density at radius 2 is 1.94 bits per heavy atom. The predicted octanol–water partition coefficient (Wildman–Crippen LogP) is 2.41. The lowest BCUT2D eigenvalue weighted by atomic mass is 9.43. The van der Waals surface area contributed by atoms with Crippen molar-refractivity contribution in [2.45, 2.75) is 84.1 Å². The molecule has 0 spiro atoms. The number of rotatable bonds is 7. The van der Waals surface area contributed by atoms with Crippen LogP contribution in [-0.4, -0.2) is 72.0 Å². The number of methoxy groups -OCH3 is 1. The van der Waals surface area contributed by atoms with E-state index < -0.39 is 52.9 Å². The topological polar surface area (TPSA) is 123 Å². The smallest absolute Gasteiger partial charge is 0.315 e. The molecule has 0 aromatic rings. The summed E-state index contributed by atoms with van der Waals surface area (Å²) in [6.45, 7) is 8.02. The monoisotopic (exact) mass is 492 g/mol. The van der Waals surface area contributed by atoms with Crippen molar-refractivity contribution in [3.63, 3.8) is 0 Å². The van der Waals surface area contributed by atoms with E-state index in [4.69, 9.17) is 14.2 Å². The molecule has 1 heterocycles. The van der Waals surface area contributed by atoms with Crippen LogP contribution in [0.2, 0.25) is 0 Å². The van der Waals surface area contributed by atoms with Gasteiger partial charge in [0.25, 0.3) is 0 Å². The highest BCUT2D eigenvalue weighted by atomic mass is 16.7. The Hall–Kier alpha value is -1.32. The SMILES string of the molecule is CO[C@@H]1C(C)O[C@@H](OCC23C[C@@H]4[C@H](C)CC[C@H]4C4(C=O)CC2C=C(C(C)C)C34C(=O)O)C(O)C1O. The number of fused-ring (bicyclic) bond motifs is 2. The second-order valence-corrected chi connectivity index (χ2v) is 12.2. The van der Waals surface area contributed by atoms with Crippen molar-refractivity contribution in [1.82, 2.24) is 0 Å². The molecular weight excluding hydrogens is 452 g/mol. The molecule has 5 rings (SSSR count). The fraction of sp³-hybridized carbons (Fsp3) is 0.852.